The first-order valence-corrected chi connectivity index (χ1v) is 42.3. The van der Waals surface area contributed by atoms with Crippen LogP contribution in [0.2, 0.25) is 0 Å². The number of ether oxygens (including phenoxy) is 8. The number of epoxide rings is 1. The third kappa shape index (κ3) is 30.8. The van der Waals surface area contributed by atoms with E-state index in [1.807, 2.05) is 110 Å². The molecule has 3 aromatic heterocycles. The van der Waals surface area contributed by atoms with E-state index >= 15 is 0 Å². The van der Waals surface area contributed by atoms with Crippen molar-refractivity contribution in [2.45, 2.75) is 280 Å². The molecule has 9 aliphatic rings. The van der Waals surface area contributed by atoms with Gasteiger partial charge in [0, 0.05) is 90.6 Å². The van der Waals surface area contributed by atoms with Gasteiger partial charge < -0.3 is 53.6 Å². The third-order valence-electron chi connectivity index (χ3n) is 19.0. The van der Waals surface area contributed by atoms with Gasteiger partial charge in [-0.1, -0.05) is 36.5 Å². The molecule has 0 radical (unpaired) electrons. The number of aromatic nitrogens is 9. The van der Waals surface area contributed by atoms with Crippen molar-refractivity contribution >= 4 is 76.5 Å². The smallest absolute Gasteiger partial charge is 0.410 e. The van der Waals surface area contributed by atoms with Crippen molar-refractivity contribution in [3.8, 4) is 0 Å². The summed E-state index contributed by atoms with van der Waals surface area (Å²) in [4.78, 5) is 135. The first kappa shape index (κ1) is 95.4. The SMILES string of the molecule is CC(C)(C)OC(=O)N1CCNC(=O)C1.CC(C)(C)OC(=O)N1CCNC(=S)C1.CC(C)(C)OC(=O)N1CCn2c(n[nH]c2=O)C1.CC(C)(C)OC(=O)N1CCn2c(nn(CC3CO3)c2=O)C1.CSC1=NCCN(C(=O)OC(C)(C)C)C1.Cc1ccccc1COC1CC2CCC(C1)N2CC(O)Cn1nc2n(c1=O)CCN(C(=O)OC(C)(C)C)C2. The van der Waals surface area contributed by atoms with Crippen LogP contribution < -0.4 is 27.7 Å². The van der Waals surface area contributed by atoms with Crippen molar-refractivity contribution in [3.05, 3.63) is 84.3 Å². The van der Waals surface area contributed by atoms with Crippen molar-refractivity contribution in [1.82, 2.24) is 88.4 Å². The predicted octanol–water partition coefficient (Wildman–Crippen LogP) is 6.70. The van der Waals surface area contributed by atoms with Gasteiger partial charge in [-0.3, -0.25) is 57.8 Å². The van der Waals surface area contributed by atoms with Crippen LogP contribution in [0.4, 0.5) is 28.8 Å². The lowest BCUT2D eigenvalue weighted by Crippen LogP contribution is -2.51. The number of aliphatic hydroxyl groups is 1. The number of piperidine rings is 1. The van der Waals surface area contributed by atoms with Crippen LogP contribution >= 0.6 is 24.0 Å². The number of fused-ring (bicyclic) bond motifs is 5. The number of amides is 7. The van der Waals surface area contributed by atoms with Crippen LogP contribution in [0.3, 0.4) is 0 Å². The molecule has 4 aromatic rings. The molecule has 2 bridgehead atoms. The van der Waals surface area contributed by atoms with E-state index in [1.54, 1.807) is 66.2 Å². The molecule has 7 amide bonds. The van der Waals surface area contributed by atoms with Crippen LogP contribution in [-0.2, 0) is 102 Å². The summed E-state index contributed by atoms with van der Waals surface area (Å²) in [6.45, 7) is 45.8. The number of aliphatic hydroxyl groups excluding tert-OH is 1. The largest absolute Gasteiger partial charge is 0.444 e. The van der Waals surface area contributed by atoms with Crippen molar-refractivity contribution in [1.29, 1.82) is 0 Å². The summed E-state index contributed by atoms with van der Waals surface area (Å²) < 4.78 is 50.7. The van der Waals surface area contributed by atoms with E-state index in [-0.39, 0.29) is 79.2 Å². The Bertz CT molecular complexity index is 4310. The standard InChI is InChI=1S/C28H41N5O5.C13H20N4O4.C10H16N4O3.C10H18N2O2S.C9H16N2O3.C9H16N2O2S/c1-19-7-5-6-8-20(19)18-37-24-13-21-9-10-22(14-24)32(21)15-23(34)16-33-26(35)31-12-11-30(17-25(31)29-33)27(36)38-28(2,3)4;1-13(2,3)21-12(19)15-4-5-16-10(7-15)14-17(11(16)18)6-9-8-20-9;1-10(2,3)17-9(16)13-4-5-14-7(6-13)11-12-8(14)15;1-10(2,3)14-9(13)12-6-5-11-8(7-12)15-4;1-9(2,3)14-8(13)11-5-4-10-7(12)6-11;1-9(2,3)13-8(12)11-5-4-10-7(14)6-11/h5-8,21-24,34H,9-18H2,1-4H3;9H,4-8H2,1-3H3;4-6H2,1-3H3,(H,12,15);5-7H2,1-4H3;4-6H2,1-3H3,(H,10,12);4-6H2,1-3H3,(H,10,14). The molecule has 664 valence electrons. The van der Waals surface area contributed by atoms with Gasteiger partial charge in [0.05, 0.1) is 87.8 Å². The maximum absolute atomic E-state index is 12.9. The quantitative estimate of drug-likeness (QED) is 0.0769. The van der Waals surface area contributed by atoms with Gasteiger partial charge in [-0.25, -0.2) is 57.6 Å². The molecule has 119 heavy (non-hydrogen) atoms. The van der Waals surface area contributed by atoms with Gasteiger partial charge in [0.2, 0.25) is 5.91 Å². The Hall–Kier alpha value is -9.12. The van der Waals surface area contributed by atoms with Gasteiger partial charge in [0.1, 0.15) is 46.3 Å². The Kier molecular flexibility index (Phi) is 32.8. The normalized spacial score (nSPS) is 20.1. The lowest BCUT2D eigenvalue weighted by molar-refractivity contribution is -0.124. The second kappa shape index (κ2) is 41.0. The fourth-order valence-corrected chi connectivity index (χ4v) is 14.2. The maximum Gasteiger partial charge on any atom is 0.410 e. The van der Waals surface area contributed by atoms with Crippen LogP contribution in [0.1, 0.15) is 179 Å². The van der Waals surface area contributed by atoms with Gasteiger partial charge in [0.25, 0.3) is 0 Å². The van der Waals surface area contributed by atoms with Crippen LogP contribution in [0.25, 0.3) is 0 Å². The number of rotatable bonds is 9. The number of thiocarbonyl (C=S) groups is 1. The van der Waals surface area contributed by atoms with E-state index in [0.29, 0.717) is 166 Å². The van der Waals surface area contributed by atoms with Gasteiger partial charge in [-0.15, -0.1) is 11.8 Å². The summed E-state index contributed by atoms with van der Waals surface area (Å²) in [5.41, 5.74) is -1.12. The Labute approximate surface area is 705 Å². The molecular weight excluding hydrogens is 1580 g/mol. The number of H-pyrrole nitrogens is 1. The minimum Gasteiger partial charge on any atom is -0.444 e. The number of nitrogens with one attached hydrogen (secondary N) is 3. The Morgan fingerprint density at radius 3 is 1.40 bits per heavy atom. The number of aromatic amines is 1. The molecule has 4 N–H and O–H groups in total. The van der Waals surface area contributed by atoms with Crippen LogP contribution in [0, 0.1) is 6.92 Å². The molecule has 0 aliphatic carbocycles. The topological polar surface area (TPSA) is 406 Å². The van der Waals surface area contributed by atoms with E-state index in [9.17, 15) is 53.1 Å². The molecule has 1 aromatic carbocycles. The van der Waals surface area contributed by atoms with Gasteiger partial charge in [-0.05, 0) is 175 Å². The second-order valence-corrected chi connectivity index (χ2v) is 37.6. The molecule has 9 aliphatic heterocycles. The minimum absolute atomic E-state index is 0.0922. The molecule has 5 saturated heterocycles. The second-order valence-electron chi connectivity index (χ2n) is 36.3. The summed E-state index contributed by atoms with van der Waals surface area (Å²) >= 11 is 6.57. The van der Waals surface area contributed by atoms with E-state index in [2.05, 4.69) is 72.1 Å². The average Bonchev–Trinajstić information content (AvgIpc) is 1.65. The number of hydrogen-bond acceptors (Lipinski definition) is 26. The summed E-state index contributed by atoms with van der Waals surface area (Å²) in [6.07, 6.45) is 3.63. The number of piperazine rings is 2. The van der Waals surface area contributed by atoms with Gasteiger partial charge >= 0.3 is 53.6 Å². The number of carbonyl (C=O) groups excluding carboxylic acids is 7. The van der Waals surface area contributed by atoms with Crippen LogP contribution in [0.15, 0.2) is 43.6 Å². The lowest BCUT2D eigenvalue weighted by Gasteiger charge is -2.39. The zero-order valence-electron chi connectivity index (χ0n) is 73.1. The molecule has 0 saturated carbocycles. The van der Waals surface area contributed by atoms with E-state index in [0.717, 1.165) is 30.7 Å². The fourth-order valence-electron chi connectivity index (χ4n) is 13.4. The number of carbonyl (C=O) groups is 7. The van der Waals surface area contributed by atoms with Crippen LogP contribution in [0.5, 0.6) is 0 Å². The fraction of sp³-hybridized carbons (Fsp3) is 0.734. The first-order valence-electron chi connectivity index (χ1n) is 40.6. The molecule has 4 unspecified atom stereocenters. The number of aliphatic imine (C=N–C) groups is 1. The van der Waals surface area contributed by atoms with Crippen LogP contribution in [-0.4, -0.2) is 297 Å². The molecule has 0 spiro atoms. The summed E-state index contributed by atoms with van der Waals surface area (Å²) in [6, 6.07) is 9.12. The third-order valence-corrected chi connectivity index (χ3v) is 20.0. The number of thioether (sulfide) groups is 1. The summed E-state index contributed by atoms with van der Waals surface area (Å²) in [5.74, 6) is 1.54. The molecule has 4 atom stereocenters. The molecule has 38 nitrogen and oxygen atoms in total. The number of aryl methyl sites for hydroxylation is 1. The molecule has 40 heteroatoms. The minimum atomic E-state index is -0.709. The number of hydrogen-bond donors (Lipinski definition) is 4. The Morgan fingerprint density at radius 1 is 0.538 bits per heavy atom. The molecule has 13 rings (SSSR count). The predicted molar refractivity (Wildman–Crippen MR) is 447 cm³/mol. The molecular formula is C79H127N19O19S2. The van der Waals surface area contributed by atoms with E-state index in [1.165, 1.54) is 30.0 Å². The maximum atomic E-state index is 12.9. The van der Waals surface area contributed by atoms with Crippen molar-refractivity contribution in [3.63, 3.8) is 0 Å². The highest BCUT2D eigenvalue weighted by Gasteiger charge is 2.43. The van der Waals surface area contributed by atoms with Gasteiger partial charge in [0.15, 0.2) is 17.5 Å². The van der Waals surface area contributed by atoms with E-state index < -0.39 is 51.9 Å². The summed E-state index contributed by atoms with van der Waals surface area (Å²) in [7, 11) is 0. The van der Waals surface area contributed by atoms with Crippen molar-refractivity contribution in [2.75, 3.05) is 97.9 Å². The highest BCUT2D eigenvalue weighted by molar-refractivity contribution is 8.13. The highest BCUT2D eigenvalue weighted by Crippen LogP contribution is 2.38. The summed E-state index contributed by atoms with van der Waals surface area (Å²) in [5, 5.41) is 32.6. The molecule has 5 fully saturated rings. The van der Waals surface area contributed by atoms with Crippen molar-refractivity contribution in [2.24, 2.45) is 4.99 Å². The zero-order chi connectivity index (χ0) is 87.9. The zero-order valence-corrected chi connectivity index (χ0v) is 74.7. The monoisotopic (exact) mass is 1710 g/mol. The Balaban J connectivity index is 0.000000188. The van der Waals surface area contributed by atoms with E-state index in [4.69, 9.17) is 50.1 Å². The lowest BCUT2D eigenvalue weighted by atomic mass is 9.99. The average molecular weight is 1710 g/mol. The van der Waals surface area contributed by atoms with Crippen molar-refractivity contribution < 1.29 is 76.6 Å². The highest BCUT2D eigenvalue weighted by atomic mass is 32.2. The number of nitrogens with zero attached hydrogens (tertiary/aromatic N) is 16. The molecule has 12 heterocycles. The number of benzene rings is 1. The first-order chi connectivity index (χ1) is 55.5. The van der Waals surface area contributed by atoms with Gasteiger partial charge in [-0.2, -0.15) is 15.3 Å². The Morgan fingerprint density at radius 2 is 0.958 bits per heavy atom.